The van der Waals surface area contributed by atoms with E-state index in [4.69, 9.17) is 0 Å². The Morgan fingerprint density at radius 3 is 0.840 bits per heavy atom. The average molecular weight is 1390 g/mol. The Bertz CT molecular complexity index is 5930. The van der Waals surface area contributed by atoms with Gasteiger partial charge in [0.25, 0.3) is 0 Å². The second-order valence-corrected chi connectivity index (χ2v) is 31.2. The lowest BCUT2D eigenvalue weighted by Gasteiger charge is -2.24. The fourth-order valence-corrected chi connectivity index (χ4v) is 20.7. The van der Waals surface area contributed by atoms with Crippen LogP contribution < -0.4 is 14.7 Å². The van der Waals surface area contributed by atoms with Crippen molar-refractivity contribution in [1.29, 1.82) is 0 Å². The average Bonchev–Trinajstić information content (AvgIpc) is 1.57. The lowest BCUT2D eigenvalue weighted by molar-refractivity contribution is 1.17. The first-order valence-corrected chi connectivity index (χ1v) is 38.2. The molecule has 0 saturated carbocycles. The molecule has 19 aromatic rings. The summed E-state index contributed by atoms with van der Waals surface area (Å²) in [6.45, 7) is 0. The summed E-state index contributed by atoms with van der Waals surface area (Å²) in [5.74, 6) is 0. The second-order valence-electron chi connectivity index (χ2n) is 24.8. The predicted octanol–water partition coefficient (Wildman–Crippen LogP) is 29.0. The zero-order chi connectivity index (χ0) is 66.0. The Balaban J connectivity index is 0.726. The zero-order valence-electron chi connectivity index (χ0n) is 53.7. The van der Waals surface area contributed by atoms with Crippen molar-refractivity contribution >= 4 is 171 Å². The first-order valence-electron chi connectivity index (χ1n) is 33.3. The molecular formula is C90H58N4S6. The first kappa shape index (κ1) is 60.0. The van der Waals surface area contributed by atoms with Crippen molar-refractivity contribution < 1.29 is 0 Å². The molecule has 474 valence electrons. The van der Waals surface area contributed by atoms with Crippen LogP contribution in [0.5, 0.6) is 0 Å². The molecule has 4 nitrogen and oxygen atoms in total. The van der Waals surface area contributed by atoms with Crippen molar-refractivity contribution in [2.75, 3.05) is 14.7 Å². The van der Waals surface area contributed by atoms with Crippen molar-refractivity contribution in [1.82, 2.24) is 4.57 Å². The molecular weight excluding hydrogens is 1330 g/mol. The van der Waals surface area contributed by atoms with E-state index >= 15 is 0 Å². The molecule has 0 saturated heterocycles. The second kappa shape index (κ2) is 25.6. The maximum absolute atomic E-state index is 2.46. The SMILES string of the molecule is c1ccc(N(c2ccc(-n3c4ccc(N(c5ccccc5)c5ccc(-c6ccc(-c7cccc8ccccc78)s6)s5)cc4c4cc(N(c5ccccc5)c5ccc(-c6ccc(-c7cccc8ccccc78)s6)s5)ccc43)cc2)c2ccc(-c3ccc(-c4cccc5ccccc45)s3)s2)cc1. The normalized spacial score (nSPS) is 11.6. The van der Waals surface area contributed by atoms with Crippen molar-refractivity contribution in [3.63, 3.8) is 0 Å². The highest BCUT2D eigenvalue weighted by Gasteiger charge is 2.25. The van der Waals surface area contributed by atoms with Gasteiger partial charge < -0.3 is 19.3 Å². The molecule has 0 amide bonds. The van der Waals surface area contributed by atoms with Crippen LogP contribution in [0.1, 0.15) is 0 Å². The summed E-state index contributed by atoms with van der Waals surface area (Å²) in [5, 5.41) is 13.3. The number of anilines is 9. The topological polar surface area (TPSA) is 14.7 Å². The van der Waals surface area contributed by atoms with Crippen LogP contribution in [0.4, 0.5) is 49.1 Å². The Morgan fingerprint density at radius 1 is 0.190 bits per heavy atom. The number of nitrogens with zero attached hydrogens (tertiary/aromatic N) is 4. The molecule has 0 spiro atoms. The Hall–Kier alpha value is -11.2. The highest BCUT2D eigenvalue weighted by Crippen LogP contribution is 2.51. The molecule has 19 rings (SSSR count). The van der Waals surface area contributed by atoms with Crippen LogP contribution in [0, 0.1) is 0 Å². The number of aromatic nitrogens is 1. The highest BCUT2D eigenvalue weighted by molar-refractivity contribution is 7.27. The summed E-state index contributed by atoms with van der Waals surface area (Å²) in [6, 6.07) is 129. The number of fused-ring (bicyclic) bond motifs is 6. The summed E-state index contributed by atoms with van der Waals surface area (Å²) in [6.07, 6.45) is 0. The van der Waals surface area contributed by atoms with E-state index in [9.17, 15) is 0 Å². The first-order chi connectivity index (χ1) is 49.5. The van der Waals surface area contributed by atoms with Gasteiger partial charge in [-0.3, -0.25) is 0 Å². The van der Waals surface area contributed by atoms with E-state index in [1.807, 2.05) is 68.0 Å². The standard InChI is InChI=1S/C90H58N4S6/c1-4-25-62(26-5-1)91(88-54-51-85(98-88)82-48-45-79(95-82)72-34-16-22-59-19-10-13-31-69(59)72)65-37-39-66(40-38-65)94-77-43-41-67(92(63-27-6-2-7-28-63)89-55-52-86(99-89)83-49-46-80(96-83)73-35-17-23-60-20-11-14-32-70(60)73)57-75(77)76-58-68(42-44-78(76)94)93(64-29-8-3-9-30-64)90-56-53-87(100-90)84-50-47-81(97-84)74-36-18-24-61-21-12-15-33-71(61)74/h1-58H. The molecule has 0 radical (unpaired) electrons. The van der Waals surface area contributed by atoms with E-state index in [0.717, 1.165) is 76.6 Å². The van der Waals surface area contributed by atoms with E-state index in [1.54, 1.807) is 0 Å². The van der Waals surface area contributed by atoms with Crippen molar-refractivity contribution in [3.8, 4) is 66.3 Å². The molecule has 100 heavy (non-hydrogen) atoms. The van der Waals surface area contributed by atoms with Crippen LogP contribution in [0.3, 0.4) is 0 Å². The molecule has 0 aliphatic heterocycles. The van der Waals surface area contributed by atoms with E-state index in [0.29, 0.717) is 0 Å². The Labute approximate surface area is 603 Å². The fraction of sp³-hybridized carbons (Fsp3) is 0. The third-order valence-corrected chi connectivity index (χ3v) is 26.0. The number of thiophene rings is 6. The van der Waals surface area contributed by atoms with Crippen molar-refractivity contribution in [2.24, 2.45) is 0 Å². The third kappa shape index (κ3) is 10.9. The van der Waals surface area contributed by atoms with Crippen molar-refractivity contribution in [2.45, 2.75) is 0 Å². The molecule has 12 aromatic carbocycles. The number of rotatable bonds is 16. The Kier molecular flexibility index (Phi) is 15.4. The quantitative estimate of drug-likeness (QED) is 0.0958. The molecule has 0 unspecified atom stereocenters. The zero-order valence-corrected chi connectivity index (χ0v) is 58.6. The van der Waals surface area contributed by atoms with Gasteiger partial charge in [0.2, 0.25) is 0 Å². The highest BCUT2D eigenvalue weighted by atomic mass is 32.1. The van der Waals surface area contributed by atoms with Crippen LogP contribution in [0.2, 0.25) is 0 Å². The molecule has 0 fully saturated rings. The van der Waals surface area contributed by atoms with E-state index in [2.05, 4.69) is 371 Å². The molecule has 0 aliphatic carbocycles. The lowest BCUT2D eigenvalue weighted by atomic mass is 10.0. The van der Waals surface area contributed by atoms with Crippen molar-refractivity contribution in [3.05, 3.63) is 352 Å². The van der Waals surface area contributed by atoms with E-state index in [1.165, 1.54) is 92.9 Å². The maximum atomic E-state index is 2.46. The van der Waals surface area contributed by atoms with Gasteiger partial charge in [0.1, 0.15) is 15.0 Å². The van der Waals surface area contributed by atoms with Gasteiger partial charge in [0.05, 0.1) is 11.0 Å². The maximum Gasteiger partial charge on any atom is 0.101 e. The van der Waals surface area contributed by atoms with Gasteiger partial charge in [-0.15, -0.1) is 68.0 Å². The van der Waals surface area contributed by atoms with E-state index < -0.39 is 0 Å². The van der Waals surface area contributed by atoms with E-state index in [-0.39, 0.29) is 0 Å². The van der Waals surface area contributed by atoms with Gasteiger partial charge in [-0.2, -0.15) is 0 Å². The molecule has 0 bridgehead atoms. The van der Waals surface area contributed by atoms with Gasteiger partial charge in [-0.05, 0) is 219 Å². The summed E-state index contributed by atoms with van der Waals surface area (Å²) in [7, 11) is 0. The van der Waals surface area contributed by atoms with Gasteiger partial charge in [-0.1, -0.05) is 182 Å². The third-order valence-electron chi connectivity index (χ3n) is 18.8. The minimum absolute atomic E-state index is 1.08. The minimum Gasteiger partial charge on any atom is -0.309 e. The van der Waals surface area contributed by atoms with Gasteiger partial charge in [0.15, 0.2) is 0 Å². The monoisotopic (exact) mass is 1390 g/mol. The number of para-hydroxylation sites is 3. The van der Waals surface area contributed by atoms with Crippen LogP contribution >= 0.6 is 68.0 Å². The molecule has 7 aromatic heterocycles. The minimum atomic E-state index is 1.08. The van der Waals surface area contributed by atoms with Crippen LogP contribution in [0.25, 0.3) is 120 Å². The number of benzene rings is 12. The number of hydrogen-bond donors (Lipinski definition) is 0. The van der Waals surface area contributed by atoms with Crippen LogP contribution in [-0.2, 0) is 0 Å². The summed E-state index contributed by atoms with van der Waals surface area (Å²) >= 11 is 11.1. The summed E-state index contributed by atoms with van der Waals surface area (Å²) < 4.78 is 2.46. The lowest BCUT2D eigenvalue weighted by Crippen LogP contribution is -2.08. The molecule has 0 atom stereocenters. The Morgan fingerprint density at radius 2 is 0.470 bits per heavy atom. The summed E-state index contributed by atoms with van der Waals surface area (Å²) in [4.78, 5) is 18.6. The smallest absolute Gasteiger partial charge is 0.101 e. The van der Waals surface area contributed by atoms with Gasteiger partial charge in [-0.25, -0.2) is 0 Å². The van der Waals surface area contributed by atoms with Gasteiger partial charge in [0, 0.05) is 94.5 Å². The largest absolute Gasteiger partial charge is 0.309 e. The summed E-state index contributed by atoms with van der Waals surface area (Å²) in [5.41, 5.74) is 13.7. The molecule has 0 N–H and O–H groups in total. The number of hydrogen-bond acceptors (Lipinski definition) is 9. The molecule has 0 aliphatic rings. The molecule has 10 heteroatoms. The van der Waals surface area contributed by atoms with Crippen LogP contribution in [0.15, 0.2) is 352 Å². The van der Waals surface area contributed by atoms with Gasteiger partial charge >= 0.3 is 0 Å². The molecule has 7 heterocycles. The fourth-order valence-electron chi connectivity index (χ4n) is 14.2. The predicted molar refractivity (Wildman–Crippen MR) is 437 cm³/mol. The van der Waals surface area contributed by atoms with Crippen LogP contribution in [-0.4, -0.2) is 4.57 Å².